The zero-order chi connectivity index (χ0) is 11.8. The van der Waals surface area contributed by atoms with E-state index in [-0.39, 0.29) is 18.4 Å². The molecule has 1 atom stereocenters. The van der Waals surface area contributed by atoms with Crippen molar-refractivity contribution in [2.24, 2.45) is 0 Å². The van der Waals surface area contributed by atoms with Crippen LogP contribution in [0, 0.1) is 0 Å². The Morgan fingerprint density at radius 3 is 2.81 bits per heavy atom. The van der Waals surface area contributed by atoms with Crippen LogP contribution in [0.5, 0.6) is 0 Å². The van der Waals surface area contributed by atoms with Crippen molar-refractivity contribution in [3.8, 4) is 0 Å². The number of hydrogen-bond acceptors (Lipinski definition) is 3. The van der Waals surface area contributed by atoms with Crippen LogP contribution in [0.1, 0.15) is 12.5 Å². The highest BCUT2D eigenvalue weighted by molar-refractivity contribution is 7.92. The summed E-state index contributed by atoms with van der Waals surface area (Å²) in [7, 11) is -3.39. The zero-order valence-electron chi connectivity index (χ0n) is 9.13. The first-order valence-corrected chi connectivity index (χ1v) is 6.88. The number of aliphatic hydroxyl groups is 1. The van der Waals surface area contributed by atoms with Crippen LogP contribution >= 0.6 is 0 Å². The smallest absolute Gasteiger partial charge is 0.237 e. The van der Waals surface area contributed by atoms with Gasteiger partial charge in [0.2, 0.25) is 10.0 Å². The van der Waals surface area contributed by atoms with Gasteiger partial charge >= 0.3 is 0 Å². The molecule has 0 saturated carbocycles. The number of anilines is 1. The molecule has 1 heterocycles. The van der Waals surface area contributed by atoms with Crippen molar-refractivity contribution in [1.82, 2.24) is 0 Å². The summed E-state index contributed by atoms with van der Waals surface area (Å²) in [5, 5.41) is 8.79. The molecule has 0 radical (unpaired) electrons. The number of fused-ring (bicyclic) bond motifs is 1. The summed E-state index contributed by atoms with van der Waals surface area (Å²) in [4.78, 5) is 0. The fraction of sp³-hybridized carbons (Fsp3) is 0.455. The van der Waals surface area contributed by atoms with Gasteiger partial charge in [0.05, 0.1) is 18.0 Å². The van der Waals surface area contributed by atoms with Crippen LogP contribution in [0.15, 0.2) is 24.3 Å². The number of rotatable bonds is 3. The maximum Gasteiger partial charge on any atom is 0.237 e. The van der Waals surface area contributed by atoms with Gasteiger partial charge < -0.3 is 5.11 Å². The Kier molecular flexibility index (Phi) is 2.90. The molecule has 1 aliphatic heterocycles. The van der Waals surface area contributed by atoms with E-state index < -0.39 is 10.0 Å². The molecule has 2 rings (SSSR count). The molecular weight excluding hydrogens is 226 g/mol. The van der Waals surface area contributed by atoms with Gasteiger partial charge in [-0.25, -0.2) is 8.42 Å². The molecule has 1 aromatic carbocycles. The third kappa shape index (κ3) is 1.81. The van der Waals surface area contributed by atoms with Crippen LogP contribution in [-0.4, -0.2) is 31.9 Å². The minimum atomic E-state index is -3.39. The summed E-state index contributed by atoms with van der Waals surface area (Å²) >= 11 is 0. The Hall–Kier alpha value is -1.07. The average molecular weight is 241 g/mol. The van der Waals surface area contributed by atoms with Crippen molar-refractivity contribution in [3.05, 3.63) is 29.8 Å². The molecule has 4 nitrogen and oxygen atoms in total. The van der Waals surface area contributed by atoms with E-state index in [1.165, 1.54) is 4.31 Å². The van der Waals surface area contributed by atoms with Crippen LogP contribution in [-0.2, 0) is 16.4 Å². The molecule has 1 aliphatic rings. The third-order valence-corrected chi connectivity index (χ3v) is 4.65. The van der Waals surface area contributed by atoms with Gasteiger partial charge in [0.1, 0.15) is 0 Å². The monoisotopic (exact) mass is 241 g/mol. The highest BCUT2D eigenvalue weighted by Gasteiger charge is 2.33. The normalized spacial score (nSPS) is 19.9. The van der Waals surface area contributed by atoms with Crippen molar-refractivity contribution in [1.29, 1.82) is 0 Å². The van der Waals surface area contributed by atoms with Gasteiger partial charge in [0.25, 0.3) is 0 Å². The SMILES string of the molecule is CC1Cc2ccccc2N1S(=O)(=O)CCO. The Morgan fingerprint density at radius 2 is 2.12 bits per heavy atom. The summed E-state index contributed by atoms with van der Waals surface area (Å²) in [6, 6.07) is 7.44. The summed E-state index contributed by atoms with van der Waals surface area (Å²) in [6.45, 7) is 1.54. The largest absolute Gasteiger partial charge is 0.395 e. The van der Waals surface area contributed by atoms with Crippen molar-refractivity contribution >= 4 is 15.7 Å². The Labute approximate surface area is 95.6 Å². The predicted molar refractivity (Wildman–Crippen MR) is 63.0 cm³/mol. The topological polar surface area (TPSA) is 57.6 Å². The van der Waals surface area contributed by atoms with E-state index in [9.17, 15) is 8.42 Å². The third-order valence-electron chi connectivity index (χ3n) is 2.79. The number of benzene rings is 1. The van der Waals surface area contributed by atoms with Crippen LogP contribution < -0.4 is 4.31 Å². The standard InChI is InChI=1S/C11H15NO3S/c1-9-8-10-4-2-3-5-11(10)12(9)16(14,15)7-6-13/h2-5,9,13H,6-8H2,1H3. The maximum absolute atomic E-state index is 12.0. The molecule has 0 aliphatic carbocycles. The molecule has 1 aromatic rings. The van der Waals surface area contributed by atoms with Gasteiger partial charge in [0, 0.05) is 6.04 Å². The molecule has 0 fully saturated rings. The van der Waals surface area contributed by atoms with E-state index in [0.29, 0.717) is 0 Å². The molecule has 0 amide bonds. The van der Waals surface area contributed by atoms with Crippen molar-refractivity contribution in [2.45, 2.75) is 19.4 Å². The molecule has 1 unspecified atom stereocenters. The average Bonchev–Trinajstić information content (AvgIpc) is 2.53. The number of nitrogens with zero attached hydrogens (tertiary/aromatic N) is 1. The molecule has 0 saturated heterocycles. The van der Waals surface area contributed by atoms with Crippen molar-refractivity contribution < 1.29 is 13.5 Å². The molecular formula is C11H15NO3S. The van der Waals surface area contributed by atoms with E-state index in [1.54, 1.807) is 0 Å². The number of para-hydroxylation sites is 1. The molecule has 0 aromatic heterocycles. The van der Waals surface area contributed by atoms with Crippen LogP contribution in [0.2, 0.25) is 0 Å². The van der Waals surface area contributed by atoms with Gasteiger partial charge in [-0.2, -0.15) is 0 Å². The molecule has 88 valence electrons. The van der Waals surface area contributed by atoms with Gasteiger partial charge in [-0.1, -0.05) is 18.2 Å². The fourth-order valence-corrected chi connectivity index (χ4v) is 3.70. The van der Waals surface area contributed by atoms with Crippen LogP contribution in [0.3, 0.4) is 0 Å². The lowest BCUT2D eigenvalue weighted by atomic mass is 10.1. The number of hydrogen-bond donors (Lipinski definition) is 1. The quantitative estimate of drug-likeness (QED) is 0.850. The Balaban J connectivity index is 2.43. The zero-order valence-corrected chi connectivity index (χ0v) is 9.94. The highest BCUT2D eigenvalue weighted by atomic mass is 32.2. The van der Waals surface area contributed by atoms with E-state index in [0.717, 1.165) is 17.7 Å². The van der Waals surface area contributed by atoms with Crippen LogP contribution in [0.4, 0.5) is 5.69 Å². The van der Waals surface area contributed by atoms with Crippen molar-refractivity contribution in [3.63, 3.8) is 0 Å². The maximum atomic E-state index is 12.0. The lowest BCUT2D eigenvalue weighted by Crippen LogP contribution is -2.38. The highest BCUT2D eigenvalue weighted by Crippen LogP contribution is 2.34. The van der Waals surface area contributed by atoms with Gasteiger partial charge in [-0.15, -0.1) is 0 Å². The molecule has 0 bridgehead atoms. The second-order valence-corrected chi connectivity index (χ2v) is 5.98. The first kappa shape index (κ1) is 11.4. The second kappa shape index (κ2) is 4.07. The summed E-state index contributed by atoms with van der Waals surface area (Å²) in [5.41, 5.74) is 1.81. The van der Waals surface area contributed by atoms with E-state index in [1.807, 2.05) is 31.2 Å². The van der Waals surface area contributed by atoms with Crippen molar-refractivity contribution in [2.75, 3.05) is 16.7 Å². The van der Waals surface area contributed by atoms with Gasteiger partial charge in [0.15, 0.2) is 0 Å². The first-order chi connectivity index (χ1) is 7.56. The van der Waals surface area contributed by atoms with Gasteiger partial charge in [-0.3, -0.25) is 4.31 Å². The number of aliphatic hydroxyl groups excluding tert-OH is 1. The first-order valence-electron chi connectivity index (χ1n) is 5.27. The fourth-order valence-electron chi connectivity index (χ4n) is 2.17. The van der Waals surface area contributed by atoms with E-state index >= 15 is 0 Å². The van der Waals surface area contributed by atoms with E-state index in [2.05, 4.69) is 0 Å². The lowest BCUT2D eigenvalue weighted by Gasteiger charge is -2.23. The molecule has 5 heteroatoms. The Morgan fingerprint density at radius 1 is 1.44 bits per heavy atom. The molecule has 16 heavy (non-hydrogen) atoms. The summed E-state index contributed by atoms with van der Waals surface area (Å²) < 4.78 is 25.4. The second-order valence-electron chi connectivity index (χ2n) is 4.02. The minimum absolute atomic E-state index is 0.0612. The summed E-state index contributed by atoms with van der Waals surface area (Å²) in [5.74, 6) is -0.217. The minimum Gasteiger partial charge on any atom is -0.395 e. The predicted octanol–water partition coefficient (Wildman–Crippen LogP) is 0.760. The van der Waals surface area contributed by atoms with Crippen LogP contribution in [0.25, 0.3) is 0 Å². The van der Waals surface area contributed by atoms with E-state index in [4.69, 9.17) is 5.11 Å². The Bertz CT molecular complexity index is 484. The molecule has 0 spiro atoms. The lowest BCUT2D eigenvalue weighted by molar-refractivity contribution is 0.319. The number of sulfonamides is 1. The summed E-state index contributed by atoms with van der Waals surface area (Å²) in [6.07, 6.45) is 0.737. The molecule has 1 N–H and O–H groups in total. The van der Waals surface area contributed by atoms with Gasteiger partial charge in [-0.05, 0) is 25.0 Å².